The van der Waals surface area contributed by atoms with Crippen LogP contribution in [-0.2, 0) is 19.1 Å². The van der Waals surface area contributed by atoms with Crippen LogP contribution in [0.15, 0.2) is 24.8 Å². The molecule has 4 nitrogen and oxygen atoms in total. The molecule has 0 saturated carbocycles. The summed E-state index contributed by atoms with van der Waals surface area (Å²) in [7, 11) is 0. The first-order valence-electron chi connectivity index (χ1n) is 14.6. The molecule has 0 bridgehead atoms. The van der Waals surface area contributed by atoms with Gasteiger partial charge in [-0.15, -0.1) is 0 Å². The Balaban J connectivity index is 3.75. The number of esters is 2. The summed E-state index contributed by atoms with van der Waals surface area (Å²) in [6.45, 7) is 12.8. The van der Waals surface area contributed by atoms with E-state index in [1.54, 1.807) is 6.92 Å². The van der Waals surface area contributed by atoms with E-state index in [0.717, 1.165) is 25.3 Å². The van der Waals surface area contributed by atoms with Gasteiger partial charge in [0.2, 0.25) is 0 Å². The van der Waals surface area contributed by atoms with Crippen molar-refractivity contribution in [3.8, 4) is 0 Å². The smallest absolute Gasteiger partial charge is 0.336 e. The van der Waals surface area contributed by atoms with Crippen LogP contribution in [0.2, 0.25) is 0 Å². The van der Waals surface area contributed by atoms with E-state index >= 15 is 0 Å². The molecular formula is C31H56O4. The predicted molar refractivity (Wildman–Crippen MR) is 148 cm³/mol. The first-order chi connectivity index (χ1) is 16.9. The van der Waals surface area contributed by atoms with Crippen LogP contribution in [0.3, 0.4) is 0 Å². The topological polar surface area (TPSA) is 52.6 Å². The lowest BCUT2D eigenvalue weighted by Gasteiger charge is -2.31. The first-order valence-corrected chi connectivity index (χ1v) is 14.6. The van der Waals surface area contributed by atoms with Gasteiger partial charge in [0.25, 0.3) is 5.79 Å². The van der Waals surface area contributed by atoms with E-state index in [2.05, 4.69) is 20.1 Å². The molecule has 0 aliphatic heterocycles. The van der Waals surface area contributed by atoms with Crippen molar-refractivity contribution in [1.82, 2.24) is 0 Å². The highest BCUT2D eigenvalue weighted by Gasteiger charge is 2.36. The van der Waals surface area contributed by atoms with Crippen molar-refractivity contribution in [3.05, 3.63) is 24.8 Å². The molecule has 204 valence electrons. The van der Waals surface area contributed by atoms with Crippen molar-refractivity contribution < 1.29 is 19.1 Å². The van der Waals surface area contributed by atoms with Crippen LogP contribution in [0.4, 0.5) is 0 Å². The molecule has 0 amide bonds. The summed E-state index contributed by atoms with van der Waals surface area (Å²) >= 11 is 0. The Labute approximate surface area is 217 Å². The third kappa shape index (κ3) is 19.3. The van der Waals surface area contributed by atoms with E-state index in [1.165, 1.54) is 103 Å². The maximum atomic E-state index is 12.0. The monoisotopic (exact) mass is 492 g/mol. The molecule has 4 heteroatoms. The maximum Gasteiger partial charge on any atom is 0.336 e. The highest BCUT2D eigenvalue weighted by Crippen LogP contribution is 2.27. The molecular weight excluding hydrogens is 436 g/mol. The van der Waals surface area contributed by atoms with Crippen LogP contribution in [0.25, 0.3) is 0 Å². The van der Waals surface area contributed by atoms with Gasteiger partial charge in [0.05, 0.1) is 0 Å². The Morgan fingerprint density at radius 2 is 1.03 bits per heavy atom. The molecule has 0 fully saturated rings. The Kier molecular flexibility index (Phi) is 21.8. The summed E-state index contributed by atoms with van der Waals surface area (Å²) in [6, 6.07) is 0. The zero-order valence-corrected chi connectivity index (χ0v) is 23.5. The highest BCUT2D eigenvalue weighted by atomic mass is 16.7. The van der Waals surface area contributed by atoms with E-state index in [-0.39, 0.29) is 0 Å². The van der Waals surface area contributed by atoms with Crippen molar-refractivity contribution in [2.45, 2.75) is 161 Å². The van der Waals surface area contributed by atoms with Gasteiger partial charge in [-0.3, -0.25) is 0 Å². The second-order valence-electron chi connectivity index (χ2n) is 10.2. The van der Waals surface area contributed by atoms with E-state index in [1.807, 2.05) is 6.92 Å². The fourth-order valence-corrected chi connectivity index (χ4v) is 4.40. The maximum absolute atomic E-state index is 12.0. The Bertz CT molecular complexity index is 568. The average Bonchev–Trinajstić information content (AvgIpc) is 2.85. The van der Waals surface area contributed by atoms with E-state index in [9.17, 15) is 9.59 Å². The fourth-order valence-electron chi connectivity index (χ4n) is 4.40. The Morgan fingerprint density at radius 1 is 0.657 bits per heavy atom. The minimum absolute atomic E-state index is 0.297. The standard InChI is InChI=1S/C31H56O4/c1-6-9-10-11-12-13-14-15-16-17-18-19-20-21-22-23-24-25-26-27-31(8-3,34-29(32)7-2)35-30(33)28(4)5/h7H,2,4,6,8-27H2,1,3,5H3. The molecule has 0 aliphatic carbocycles. The molecule has 1 atom stereocenters. The Hall–Kier alpha value is -1.58. The number of unbranched alkanes of at least 4 members (excludes halogenated alkanes) is 18. The summed E-state index contributed by atoms with van der Waals surface area (Å²) in [5.74, 6) is -2.32. The van der Waals surface area contributed by atoms with Gasteiger partial charge in [-0.2, -0.15) is 0 Å². The SMILES string of the molecule is C=CC(=O)OC(CC)(CCCCCCCCCCCCCCCCCCCCC)OC(=O)C(=C)C. The van der Waals surface area contributed by atoms with Gasteiger partial charge in [-0.05, 0) is 13.3 Å². The van der Waals surface area contributed by atoms with Crippen molar-refractivity contribution >= 4 is 11.9 Å². The number of hydrogen-bond acceptors (Lipinski definition) is 4. The van der Waals surface area contributed by atoms with Crippen molar-refractivity contribution in [2.24, 2.45) is 0 Å². The minimum atomic E-state index is -1.23. The molecule has 1 unspecified atom stereocenters. The molecule has 0 heterocycles. The minimum Gasteiger partial charge on any atom is -0.419 e. The number of carbonyl (C=O) groups excluding carboxylic acids is 2. The third-order valence-electron chi connectivity index (χ3n) is 6.78. The van der Waals surface area contributed by atoms with E-state index < -0.39 is 17.7 Å². The first kappa shape index (κ1) is 33.4. The van der Waals surface area contributed by atoms with Crippen LogP contribution in [0.1, 0.15) is 156 Å². The normalized spacial score (nSPS) is 12.7. The van der Waals surface area contributed by atoms with Crippen LogP contribution in [0.5, 0.6) is 0 Å². The quantitative estimate of drug-likeness (QED) is 0.0550. The second kappa shape index (κ2) is 22.9. The van der Waals surface area contributed by atoms with Crippen molar-refractivity contribution in [3.63, 3.8) is 0 Å². The molecule has 0 saturated heterocycles. The molecule has 0 rings (SSSR count). The largest absolute Gasteiger partial charge is 0.419 e. The number of carbonyl (C=O) groups is 2. The summed E-state index contributed by atoms with van der Waals surface area (Å²) in [4.78, 5) is 23.8. The molecule has 0 aromatic carbocycles. The van der Waals surface area contributed by atoms with Gasteiger partial charge in [-0.1, -0.05) is 143 Å². The summed E-state index contributed by atoms with van der Waals surface area (Å²) in [5, 5.41) is 0. The van der Waals surface area contributed by atoms with Crippen LogP contribution in [-0.4, -0.2) is 17.7 Å². The molecule has 0 aromatic heterocycles. The number of hydrogen-bond donors (Lipinski definition) is 0. The van der Waals surface area contributed by atoms with Crippen LogP contribution < -0.4 is 0 Å². The average molecular weight is 493 g/mol. The fraction of sp³-hybridized carbons (Fsp3) is 0.806. The summed E-state index contributed by atoms with van der Waals surface area (Å²) in [5.41, 5.74) is 0.297. The lowest BCUT2D eigenvalue weighted by atomic mass is 10.0. The molecule has 0 spiro atoms. The Morgan fingerprint density at radius 3 is 1.34 bits per heavy atom. The van der Waals surface area contributed by atoms with Gasteiger partial charge >= 0.3 is 11.9 Å². The molecule has 0 aliphatic rings. The predicted octanol–water partition coefficient (Wildman–Crippen LogP) is 9.76. The zero-order valence-electron chi connectivity index (χ0n) is 23.5. The molecule has 0 aromatic rings. The van der Waals surface area contributed by atoms with Gasteiger partial charge in [0, 0.05) is 24.5 Å². The number of rotatable bonds is 25. The molecule has 0 radical (unpaired) electrons. The van der Waals surface area contributed by atoms with E-state index in [4.69, 9.17) is 9.47 Å². The molecule has 35 heavy (non-hydrogen) atoms. The van der Waals surface area contributed by atoms with Gasteiger partial charge in [-0.25, -0.2) is 9.59 Å². The lowest BCUT2D eigenvalue weighted by molar-refractivity contribution is -0.227. The van der Waals surface area contributed by atoms with Crippen molar-refractivity contribution in [2.75, 3.05) is 0 Å². The molecule has 0 N–H and O–H groups in total. The van der Waals surface area contributed by atoms with E-state index in [0.29, 0.717) is 18.4 Å². The summed E-state index contributed by atoms with van der Waals surface area (Å²) < 4.78 is 11.0. The summed E-state index contributed by atoms with van der Waals surface area (Å²) in [6.07, 6.45) is 27.2. The third-order valence-corrected chi connectivity index (χ3v) is 6.78. The number of ether oxygens (including phenoxy) is 2. The van der Waals surface area contributed by atoms with Gasteiger partial charge in [0.1, 0.15) is 0 Å². The lowest BCUT2D eigenvalue weighted by Crippen LogP contribution is -2.39. The van der Waals surface area contributed by atoms with Gasteiger partial charge in [0.15, 0.2) is 0 Å². The van der Waals surface area contributed by atoms with Crippen molar-refractivity contribution in [1.29, 1.82) is 0 Å². The van der Waals surface area contributed by atoms with Gasteiger partial charge < -0.3 is 9.47 Å². The second-order valence-corrected chi connectivity index (χ2v) is 10.2. The van der Waals surface area contributed by atoms with Crippen LogP contribution in [0, 0.1) is 0 Å². The van der Waals surface area contributed by atoms with Crippen LogP contribution >= 0.6 is 0 Å². The zero-order chi connectivity index (χ0) is 26.2. The highest BCUT2D eigenvalue weighted by molar-refractivity contribution is 5.87.